The Morgan fingerprint density at radius 3 is 2.41 bits per heavy atom. The molecular formula is C21H24Cl2N2O2. The number of benzene rings is 2. The van der Waals surface area contributed by atoms with Crippen LogP contribution >= 0.6 is 23.2 Å². The summed E-state index contributed by atoms with van der Waals surface area (Å²) in [5.41, 5.74) is 2.59. The van der Waals surface area contributed by atoms with Crippen molar-refractivity contribution in [1.82, 2.24) is 4.90 Å². The van der Waals surface area contributed by atoms with Gasteiger partial charge in [0.2, 0.25) is 5.91 Å². The van der Waals surface area contributed by atoms with Crippen LogP contribution in [0.3, 0.4) is 0 Å². The van der Waals surface area contributed by atoms with Crippen LogP contribution < -0.4 is 10.1 Å². The van der Waals surface area contributed by atoms with Crippen molar-refractivity contribution in [3.05, 3.63) is 63.6 Å². The fourth-order valence-corrected chi connectivity index (χ4v) is 3.25. The molecule has 0 atom stereocenters. The molecule has 0 aromatic heterocycles. The second kappa shape index (κ2) is 10.4. The molecule has 4 nitrogen and oxygen atoms in total. The Morgan fingerprint density at radius 1 is 1.15 bits per heavy atom. The van der Waals surface area contributed by atoms with Crippen molar-refractivity contribution in [3.63, 3.8) is 0 Å². The van der Waals surface area contributed by atoms with E-state index < -0.39 is 0 Å². The summed E-state index contributed by atoms with van der Waals surface area (Å²) in [7, 11) is 1.52. The average molecular weight is 407 g/mol. The topological polar surface area (TPSA) is 41.6 Å². The van der Waals surface area contributed by atoms with Gasteiger partial charge in [-0.05, 0) is 49.0 Å². The lowest BCUT2D eigenvalue weighted by atomic mass is 10.1. The zero-order valence-corrected chi connectivity index (χ0v) is 17.3. The number of methoxy groups -OCH3 is 1. The van der Waals surface area contributed by atoms with E-state index in [9.17, 15) is 4.79 Å². The number of anilines is 1. The van der Waals surface area contributed by atoms with Crippen LogP contribution in [-0.4, -0.2) is 31.0 Å². The number of hydrogen-bond donors (Lipinski definition) is 1. The van der Waals surface area contributed by atoms with Gasteiger partial charge in [-0.1, -0.05) is 49.2 Å². The number of nitrogens with one attached hydrogen (secondary N) is 1. The summed E-state index contributed by atoms with van der Waals surface area (Å²) >= 11 is 12.1. The SMILES string of the molecule is CCN(CC)Cc1ccc(NC(=O)/C=C/c2cc(Cl)cc(Cl)c2OC)cc1. The summed E-state index contributed by atoms with van der Waals surface area (Å²) in [6, 6.07) is 11.1. The molecule has 2 aromatic rings. The number of carbonyl (C=O) groups excluding carboxylic acids is 1. The quantitative estimate of drug-likeness (QED) is 0.588. The molecule has 0 saturated carbocycles. The summed E-state index contributed by atoms with van der Waals surface area (Å²) < 4.78 is 5.27. The Balaban J connectivity index is 2.03. The van der Waals surface area contributed by atoms with Crippen LogP contribution in [-0.2, 0) is 11.3 Å². The van der Waals surface area contributed by atoms with Crippen LogP contribution in [0.25, 0.3) is 6.08 Å². The molecule has 0 saturated heterocycles. The normalized spacial score (nSPS) is 11.2. The molecule has 0 unspecified atom stereocenters. The number of carbonyl (C=O) groups is 1. The molecular weight excluding hydrogens is 383 g/mol. The molecule has 2 aromatic carbocycles. The summed E-state index contributed by atoms with van der Waals surface area (Å²) in [5.74, 6) is 0.232. The molecule has 0 aliphatic carbocycles. The standard InChI is InChI=1S/C21H24Cl2N2O2/c1-4-25(5-2)14-15-6-9-18(10-7-15)24-20(26)11-8-16-12-17(22)13-19(23)21(16)27-3/h6-13H,4-5,14H2,1-3H3,(H,24,26)/b11-8+. The largest absolute Gasteiger partial charge is 0.495 e. The van der Waals surface area contributed by atoms with Gasteiger partial charge in [-0.2, -0.15) is 0 Å². The fraction of sp³-hybridized carbons (Fsp3) is 0.286. The molecule has 0 spiro atoms. The first-order valence-electron chi connectivity index (χ1n) is 8.80. The van der Waals surface area contributed by atoms with Gasteiger partial charge < -0.3 is 10.1 Å². The number of halogens is 2. The van der Waals surface area contributed by atoms with Crippen LogP contribution in [0.2, 0.25) is 10.0 Å². The lowest BCUT2D eigenvalue weighted by Gasteiger charge is -2.18. The number of nitrogens with zero attached hydrogens (tertiary/aromatic N) is 1. The van der Waals surface area contributed by atoms with Gasteiger partial charge in [-0.15, -0.1) is 0 Å². The minimum atomic E-state index is -0.246. The lowest BCUT2D eigenvalue weighted by molar-refractivity contribution is -0.111. The third-order valence-corrected chi connectivity index (χ3v) is 4.68. The highest BCUT2D eigenvalue weighted by Crippen LogP contribution is 2.32. The molecule has 144 valence electrons. The fourth-order valence-electron chi connectivity index (χ4n) is 2.67. The van der Waals surface area contributed by atoms with E-state index in [2.05, 4.69) is 24.1 Å². The molecule has 0 heterocycles. The third-order valence-electron chi connectivity index (χ3n) is 4.18. The van der Waals surface area contributed by atoms with Crippen LogP contribution in [0.5, 0.6) is 5.75 Å². The van der Waals surface area contributed by atoms with E-state index in [4.69, 9.17) is 27.9 Å². The first kappa shape index (κ1) is 21.3. The molecule has 0 aliphatic rings. The highest BCUT2D eigenvalue weighted by Gasteiger charge is 2.08. The van der Waals surface area contributed by atoms with Gasteiger partial charge in [0.05, 0.1) is 12.1 Å². The zero-order chi connectivity index (χ0) is 19.8. The van der Waals surface area contributed by atoms with E-state index in [0.29, 0.717) is 21.4 Å². The summed E-state index contributed by atoms with van der Waals surface area (Å²) in [5, 5.41) is 3.71. The van der Waals surface area contributed by atoms with Crippen molar-refractivity contribution in [2.45, 2.75) is 20.4 Å². The summed E-state index contributed by atoms with van der Waals surface area (Å²) in [4.78, 5) is 14.5. The molecule has 1 amide bonds. The molecule has 0 radical (unpaired) electrons. The van der Waals surface area contributed by atoms with Gasteiger partial charge in [-0.3, -0.25) is 9.69 Å². The van der Waals surface area contributed by atoms with Crippen molar-refractivity contribution in [1.29, 1.82) is 0 Å². The maximum absolute atomic E-state index is 12.2. The number of hydrogen-bond acceptors (Lipinski definition) is 3. The first-order valence-corrected chi connectivity index (χ1v) is 9.55. The average Bonchev–Trinajstić information content (AvgIpc) is 2.65. The van der Waals surface area contributed by atoms with E-state index in [1.54, 1.807) is 18.2 Å². The van der Waals surface area contributed by atoms with Gasteiger partial charge in [0.1, 0.15) is 5.75 Å². The Labute approximate surface area is 170 Å². The summed E-state index contributed by atoms with van der Waals surface area (Å²) in [6.45, 7) is 7.21. The second-order valence-electron chi connectivity index (χ2n) is 5.99. The minimum absolute atomic E-state index is 0.246. The Hall–Kier alpha value is -2.01. The van der Waals surface area contributed by atoms with Gasteiger partial charge in [0.25, 0.3) is 0 Å². The predicted molar refractivity (Wildman–Crippen MR) is 114 cm³/mol. The van der Waals surface area contributed by atoms with Crippen LogP contribution in [0.4, 0.5) is 5.69 Å². The molecule has 6 heteroatoms. The Morgan fingerprint density at radius 2 is 1.81 bits per heavy atom. The van der Waals surface area contributed by atoms with E-state index in [-0.39, 0.29) is 5.91 Å². The van der Waals surface area contributed by atoms with Crippen LogP contribution in [0, 0.1) is 0 Å². The van der Waals surface area contributed by atoms with Crippen molar-refractivity contribution < 1.29 is 9.53 Å². The smallest absolute Gasteiger partial charge is 0.248 e. The Bertz CT molecular complexity index is 801. The van der Waals surface area contributed by atoms with E-state index in [1.807, 2.05) is 24.3 Å². The zero-order valence-electron chi connectivity index (χ0n) is 15.8. The van der Waals surface area contributed by atoms with E-state index >= 15 is 0 Å². The minimum Gasteiger partial charge on any atom is -0.495 e. The summed E-state index contributed by atoms with van der Waals surface area (Å²) in [6.07, 6.45) is 3.05. The van der Waals surface area contributed by atoms with Crippen LogP contribution in [0.1, 0.15) is 25.0 Å². The van der Waals surface area contributed by atoms with Gasteiger partial charge in [-0.25, -0.2) is 0 Å². The monoisotopic (exact) mass is 406 g/mol. The van der Waals surface area contributed by atoms with Crippen LogP contribution in [0.15, 0.2) is 42.5 Å². The van der Waals surface area contributed by atoms with Crippen molar-refractivity contribution in [3.8, 4) is 5.75 Å². The molecule has 1 N–H and O–H groups in total. The molecule has 0 aliphatic heterocycles. The number of amides is 1. The number of ether oxygens (including phenoxy) is 1. The van der Waals surface area contributed by atoms with Crippen molar-refractivity contribution in [2.24, 2.45) is 0 Å². The first-order chi connectivity index (χ1) is 13.0. The van der Waals surface area contributed by atoms with Gasteiger partial charge in [0, 0.05) is 28.9 Å². The van der Waals surface area contributed by atoms with Crippen molar-refractivity contribution >= 4 is 40.9 Å². The van der Waals surface area contributed by atoms with Gasteiger partial charge >= 0.3 is 0 Å². The molecule has 0 fully saturated rings. The maximum atomic E-state index is 12.2. The van der Waals surface area contributed by atoms with Gasteiger partial charge in [0.15, 0.2) is 0 Å². The molecule has 0 bridgehead atoms. The molecule has 2 rings (SSSR count). The van der Waals surface area contributed by atoms with E-state index in [0.717, 1.165) is 25.3 Å². The maximum Gasteiger partial charge on any atom is 0.248 e. The predicted octanol–water partition coefficient (Wildman–Crippen LogP) is 5.50. The van der Waals surface area contributed by atoms with Crippen molar-refractivity contribution in [2.75, 3.05) is 25.5 Å². The highest BCUT2D eigenvalue weighted by atomic mass is 35.5. The molecule has 27 heavy (non-hydrogen) atoms. The number of rotatable bonds is 8. The second-order valence-corrected chi connectivity index (χ2v) is 6.83. The third kappa shape index (κ3) is 6.28. The van der Waals surface area contributed by atoms with E-state index in [1.165, 1.54) is 18.7 Å². The lowest BCUT2D eigenvalue weighted by Crippen LogP contribution is -2.22. The Kier molecular flexibility index (Phi) is 8.17. The highest BCUT2D eigenvalue weighted by molar-refractivity contribution is 6.36.